The Morgan fingerprint density at radius 3 is 1.67 bits per heavy atom. The first-order chi connectivity index (χ1) is 5.86. The SMILES string of the molecule is C/N=C/c1ccc(/C=N/C)nn1. The van der Waals surface area contributed by atoms with E-state index in [9.17, 15) is 0 Å². The molecule has 0 aliphatic carbocycles. The van der Waals surface area contributed by atoms with Crippen LogP contribution < -0.4 is 0 Å². The van der Waals surface area contributed by atoms with Crippen molar-refractivity contribution in [2.24, 2.45) is 9.98 Å². The lowest BCUT2D eigenvalue weighted by Crippen LogP contribution is -1.95. The summed E-state index contributed by atoms with van der Waals surface area (Å²) in [4.78, 5) is 7.64. The molecule has 0 aliphatic heterocycles. The smallest absolute Gasteiger partial charge is 0.104 e. The highest BCUT2D eigenvalue weighted by molar-refractivity contribution is 5.79. The van der Waals surface area contributed by atoms with Gasteiger partial charge >= 0.3 is 0 Å². The summed E-state index contributed by atoms with van der Waals surface area (Å²) in [6.45, 7) is 0. The molecule has 0 spiro atoms. The van der Waals surface area contributed by atoms with Crippen LogP contribution in [0.5, 0.6) is 0 Å². The summed E-state index contributed by atoms with van der Waals surface area (Å²) in [7, 11) is 3.40. The second-order valence-electron chi connectivity index (χ2n) is 2.16. The minimum absolute atomic E-state index is 0.755. The second kappa shape index (κ2) is 4.33. The molecule has 0 saturated carbocycles. The first-order valence-corrected chi connectivity index (χ1v) is 3.55. The molecular formula is C8H10N4. The molecule has 4 nitrogen and oxygen atoms in total. The van der Waals surface area contributed by atoms with E-state index < -0.39 is 0 Å². The number of hydrogen-bond acceptors (Lipinski definition) is 4. The third-order valence-electron chi connectivity index (χ3n) is 1.23. The van der Waals surface area contributed by atoms with E-state index in [4.69, 9.17) is 0 Å². The fourth-order valence-corrected chi connectivity index (χ4v) is 0.755. The highest BCUT2D eigenvalue weighted by Crippen LogP contribution is 1.90. The van der Waals surface area contributed by atoms with E-state index in [1.165, 1.54) is 0 Å². The highest BCUT2D eigenvalue weighted by Gasteiger charge is 1.90. The molecule has 0 aromatic carbocycles. The molecule has 0 fully saturated rings. The van der Waals surface area contributed by atoms with Crippen LogP contribution in [0.4, 0.5) is 0 Å². The molecule has 1 aromatic rings. The summed E-state index contributed by atoms with van der Waals surface area (Å²) in [5.74, 6) is 0. The van der Waals surface area contributed by atoms with Gasteiger partial charge in [-0.15, -0.1) is 10.2 Å². The lowest BCUT2D eigenvalue weighted by Gasteiger charge is -1.90. The lowest BCUT2D eigenvalue weighted by molar-refractivity contribution is 1.01. The topological polar surface area (TPSA) is 50.5 Å². The van der Waals surface area contributed by atoms with Crippen LogP contribution in [-0.2, 0) is 0 Å². The maximum Gasteiger partial charge on any atom is 0.104 e. The molecule has 62 valence electrons. The average Bonchev–Trinajstić information content (AvgIpc) is 2.09. The van der Waals surface area contributed by atoms with Gasteiger partial charge in [0, 0.05) is 26.5 Å². The van der Waals surface area contributed by atoms with E-state index in [0.717, 1.165) is 11.4 Å². The summed E-state index contributed by atoms with van der Waals surface area (Å²) >= 11 is 0. The Morgan fingerprint density at radius 1 is 1.00 bits per heavy atom. The van der Waals surface area contributed by atoms with Crippen molar-refractivity contribution in [1.82, 2.24) is 10.2 Å². The molecule has 0 N–H and O–H groups in total. The molecular weight excluding hydrogens is 152 g/mol. The van der Waals surface area contributed by atoms with Gasteiger partial charge in [-0.2, -0.15) is 0 Å². The van der Waals surface area contributed by atoms with Crippen molar-refractivity contribution in [2.75, 3.05) is 14.1 Å². The molecule has 1 heterocycles. The van der Waals surface area contributed by atoms with Crippen molar-refractivity contribution in [3.8, 4) is 0 Å². The van der Waals surface area contributed by atoms with Crippen molar-refractivity contribution in [1.29, 1.82) is 0 Å². The normalized spacial score (nSPS) is 11.5. The van der Waals surface area contributed by atoms with Gasteiger partial charge in [0.25, 0.3) is 0 Å². The van der Waals surface area contributed by atoms with Crippen LogP contribution in [0.25, 0.3) is 0 Å². The Morgan fingerprint density at radius 2 is 1.42 bits per heavy atom. The quantitative estimate of drug-likeness (QED) is 0.597. The predicted molar refractivity (Wildman–Crippen MR) is 49.1 cm³/mol. The van der Waals surface area contributed by atoms with Crippen molar-refractivity contribution in [3.05, 3.63) is 23.5 Å². The molecule has 0 amide bonds. The van der Waals surface area contributed by atoms with Crippen LogP contribution in [0.3, 0.4) is 0 Å². The van der Waals surface area contributed by atoms with Crippen LogP contribution >= 0.6 is 0 Å². The Labute approximate surface area is 71.1 Å². The van der Waals surface area contributed by atoms with E-state index >= 15 is 0 Å². The molecule has 12 heavy (non-hydrogen) atoms. The number of aliphatic imine (C=N–C) groups is 2. The zero-order valence-corrected chi connectivity index (χ0v) is 7.10. The first kappa shape index (κ1) is 8.52. The summed E-state index contributed by atoms with van der Waals surface area (Å²) in [6, 6.07) is 3.69. The molecule has 0 atom stereocenters. The summed E-state index contributed by atoms with van der Waals surface area (Å²) < 4.78 is 0. The van der Waals surface area contributed by atoms with Crippen LogP contribution in [0.15, 0.2) is 22.1 Å². The summed E-state index contributed by atoms with van der Waals surface area (Å²) in [6.07, 6.45) is 3.31. The van der Waals surface area contributed by atoms with Gasteiger partial charge in [-0.25, -0.2) is 0 Å². The Hall–Kier alpha value is -1.58. The van der Waals surface area contributed by atoms with Gasteiger partial charge in [-0.05, 0) is 12.1 Å². The Balaban J connectivity index is 2.85. The molecule has 0 saturated heterocycles. The number of nitrogens with zero attached hydrogens (tertiary/aromatic N) is 4. The summed E-state index contributed by atoms with van der Waals surface area (Å²) in [5, 5.41) is 7.79. The van der Waals surface area contributed by atoms with Crippen molar-refractivity contribution < 1.29 is 0 Å². The van der Waals surface area contributed by atoms with Crippen molar-refractivity contribution in [3.63, 3.8) is 0 Å². The van der Waals surface area contributed by atoms with Gasteiger partial charge < -0.3 is 0 Å². The van der Waals surface area contributed by atoms with Crippen LogP contribution in [-0.4, -0.2) is 36.7 Å². The van der Waals surface area contributed by atoms with Gasteiger partial charge in [-0.1, -0.05) is 0 Å². The number of rotatable bonds is 2. The zero-order valence-electron chi connectivity index (χ0n) is 7.10. The minimum Gasteiger partial charge on any atom is -0.294 e. The molecule has 0 radical (unpaired) electrons. The van der Waals surface area contributed by atoms with E-state index in [1.807, 2.05) is 12.1 Å². The van der Waals surface area contributed by atoms with E-state index in [0.29, 0.717) is 0 Å². The Bertz CT molecular complexity index is 255. The molecule has 4 heteroatoms. The van der Waals surface area contributed by atoms with Gasteiger partial charge in [-0.3, -0.25) is 9.98 Å². The molecule has 0 unspecified atom stereocenters. The first-order valence-electron chi connectivity index (χ1n) is 3.55. The fourth-order valence-electron chi connectivity index (χ4n) is 0.755. The third-order valence-corrected chi connectivity index (χ3v) is 1.23. The standard InChI is InChI=1S/C8H10N4/c1-9-5-7-3-4-8(6-10-2)12-11-7/h3-6H,1-2H3/b9-5+,10-6+. The maximum absolute atomic E-state index is 3.90. The van der Waals surface area contributed by atoms with E-state index in [1.54, 1.807) is 26.5 Å². The predicted octanol–water partition coefficient (Wildman–Crippen LogP) is 0.574. The summed E-state index contributed by atoms with van der Waals surface area (Å²) in [5.41, 5.74) is 1.51. The zero-order chi connectivity index (χ0) is 8.81. The van der Waals surface area contributed by atoms with Crippen LogP contribution in [0, 0.1) is 0 Å². The number of hydrogen-bond donors (Lipinski definition) is 0. The highest BCUT2D eigenvalue weighted by atomic mass is 15.1. The van der Waals surface area contributed by atoms with Crippen LogP contribution in [0.1, 0.15) is 11.4 Å². The molecule has 1 aromatic heterocycles. The maximum atomic E-state index is 3.90. The van der Waals surface area contributed by atoms with Gasteiger partial charge in [0.05, 0.1) is 0 Å². The van der Waals surface area contributed by atoms with Crippen molar-refractivity contribution in [2.45, 2.75) is 0 Å². The van der Waals surface area contributed by atoms with Gasteiger partial charge in [0.2, 0.25) is 0 Å². The van der Waals surface area contributed by atoms with E-state index in [-0.39, 0.29) is 0 Å². The van der Waals surface area contributed by atoms with E-state index in [2.05, 4.69) is 20.2 Å². The van der Waals surface area contributed by atoms with Gasteiger partial charge in [0.1, 0.15) is 11.4 Å². The Kier molecular flexibility index (Phi) is 3.07. The largest absolute Gasteiger partial charge is 0.294 e. The monoisotopic (exact) mass is 162 g/mol. The fraction of sp³-hybridized carbons (Fsp3) is 0.250. The molecule has 0 bridgehead atoms. The molecule has 0 aliphatic rings. The van der Waals surface area contributed by atoms with Gasteiger partial charge in [0.15, 0.2) is 0 Å². The van der Waals surface area contributed by atoms with Crippen molar-refractivity contribution >= 4 is 12.4 Å². The number of aromatic nitrogens is 2. The lowest BCUT2D eigenvalue weighted by atomic mass is 10.3. The average molecular weight is 162 g/mol. The second-order valence-corrected chi connectivity index (χ2v) is 2.16. The minimum atomic E-state index is 0.755. The third kappa shape index (κ3) is 2.23. The molecule has 1 rings (SSSR count). The van der Waals surface area contributed by atoms with Crippen LogP contribution in [0.2, 0.25) is 0 Å².